The molecule has 0 bridgehead atoms. The highest BCUT2D eigenvalue weighted by atomic mass is 79.9. The lowest BCUT2D eigenvalue weighted by Gasteiger charge is -2.19. The Morgan fingerprint density at radius 1 is 1.44 bits per heavy atom. The van der Waals surface area contributed by atoms with E-state index in [1.54, 1.807) is 0 Å². The second kappa shape index (κ2) is 4.96. The third-order valence-corrected chi connectivity index (χ3v) is 3.53. The maximum absolute atomic E-state index is 11.9. The van der Waals surface area contributed by atoms with E-state index in [0.717, 1.165) is 34.9 Å². The van der Waals surface area contributed by atoms with Crippen LogP contribution in [0.1, 0.15) is 31.7 Å². The summed E-state index contributed by atoms with van der Waals surface area (Å²) in [4.78, 5) is 11.9. The van der Waals surface area contributed by atoms with E-state index in [9.17, 15) is 4.79 Å². The quantitative estimate of drug-likeness (QED) is 0.703. The van der Waals surface area contributed by atoms with E-state index < -0.39 is 0 Å². The van der Waals surface area contributed by atoms with Gasteiger partial charge in [-0.3, -0.25) is 4.79 Å². The van der Waals surface area contributed by atoms with E-state index in [0.29, 0.717) is 5.78 Å². The first kappa shape index (κ1) is 11.6. The Kier molecular flexibility index (Phi) is 3.59. The van der Waals surface area contributed by atoms with E-state index >= 15 is 0 Å². The van der Waals surface area contributed by atoms with Crippen LogP contribution in [0.5, 0.6) is 0 Å². The van der Waals surface area contributed by atoms with Crippen LogP contribution in [0.2, 0.25) is 0 Å². The van der Waals surface area contributed by atoms with Gasteiger partial charge in [-0.25, -0.2) is 0 Å². The average Bonchev–Trinajstić information content (AvgIpc) is 2.25. The highest BCUT2D eigenvalue weighted by Crippen LogP contribution is 2.26. The number of halogens is 1. The summed E-state index contributed by atoms with van der Waals surface area (Å²) in [6.07, 6.45) is 5.12. The number of hydrogen-bond donors (Lipinski definition) is 0. The minimum absolute atomic E-state index is 0.201. The molecule has 16 heavy (non-hydrogen) atoms. The number of carbonyl (C=O) groups is 1. The monoisotopic (exact) mass is 278 g/mol. The smallest absolute Gasteiger partial charge is 0.161 e. The number of benzene rings is 1. The zero-order valence-electron chi connectivity index (χ0n) is 9.37. The molecule has 0 amide bonds. The predicted octanol–water partition coefficient (Wildman–Crippen LogP) is 4.22. The molecule has 84 valence electrons. The first-order valence-corrected chi connectivity index (χ1v) is 6.46. The van der Waals surface area contributed by atoms with Gasteiger partial charge in [0.05, 0.1) is 0 Å². The zero-order valence-corrected chi connectivity index (χ0v) is 11.0. The Morgan fingerprint density at radius 3 is 3.00 bits per heavy atom. The van der Waals surface area contributed by atoms with Crippen LogP contribution in [-0.4, -0.2) is 5.78 Å². The maximum Gasteiger partial charge on any atom is 0.161 e. The summed E-state index contributed by atoms with van der Waals surface area (Å²) in [6, 6.07) is 8.06. The van der Waals surface area contributed by atoms with E-state index in [4.69, 9.17) is 0 Å². The van der Waals surface area contributed by atoms with Crippen molar-refractivity contribution in [3.8, 4) is 0 Å². The van der Waals surface area contributed by atoms with Crippen LogP contribution < -0.4 is 0 Å². The zero-order chi connectivity index (χ0) is 11.5. The Bertz CT molecular complexity index is 434. The van der Waals surface area contributed by atoms with Crippen molar-refractivity contribution in [2.24, 2.45) is 5.92 Å². The van der Waals surface area contributed by atoms with Crippen molar-refractivity contribution >= 4 is 27.8 Å². The van der Waals surface area contributed by atoms with Gasteiger partial charge < -0.3 is 0 Å². The van der Waals surface area contributed by atoms with Crippen LogP contribution in [0.3, 0.4) is 0 Å². The molecular weight excluding hydrogens is 264 g/mol. The summed E-state index contributed by atoms with van der Waals surface area (Å²) < 4.78 is 1.05. The van der Waals surface area contributed by atoms with Gasteiger partial charge in [-0.1, -0.05) is 35.0 Å². The van der Waals surface area contributed by atoms with Crippen LogP contribution >= 0.6 is 15.9 Å². The number of rotatable bonds is 1. The molecule has 0 saturated heterocycles. The predicted molar refractivity (Wildman–Crippen MR) is 70.1 cm³/mol. The Morgan fingerprint density at radius 2 is 2.25 bits per heavy atom. The molecule has 1 saturated carbocycles. The highest BCUT2D eigenvalue weighted by molar-refractivity contribution is 9.10. The van der Waals surface area contributed by atoms with Crippen molar-refractivity contribution in [2.75, 3.05) is 0 Å². The molecule has 1 aliphatic carbocycles. The first-order chi connectivity index (χ1) is 7.66. The summed E-state index contributed by atoms with van der Waals surface area (Å²) in [5.41, 5.74) is 2.09. The van der Waals surface area contributed by atoms with Gasteiger partial charge in [-0.05, 0) is 48.6 Å². The maximum atomic E-state index is 11.9. The first-order valence-electron chi connectivity index (χ1n) is 5.67. The van der Waals surface area contributed by atoms with Gasteiger partial charge in [-0.15, -0.1) is 0 Å². The van der Waals surface area contributed by atoms with Crippen LogP contribution in [0.4, 0.5) is 0 Å². The molecule has 1 aliphatic rings. The lowest BCUT2D eigenvalue weighted by molar-refractivity contribution is -0.119. The Balaban J connectivity index is 2.26. The third kappa shape index (κ3) is 2.62. The topological polar surface area (TPSA) is 17.1 Å². The highest BCUT2D eigenvalue weighted by Gasteiger charge is 2.22. The fourth-order valence-electron chi connectivity index (χ4n) is 2.11. The summed E-state index contributed by atoms with van der Waals surface area (Å²) in [5, 5.41) is 0. The second-order valence-electron chi connectivity index (χ2n) is 4.38. The standard InChI is InChI=1S/C14H15BrO/c1-10-4-2-6-12(14(10)16)8-11-5-3-7-13(15)9-11/h3,5,7-10H,2,4,6H2,1H3/b12-8+/t10-/m1/s1. The molecule has 0 unspecified atom stereocenters. The molecule has 1 nitrogen and oxygen atoms in total. The van der Waals surface area contributed by atoms with Crippen LogP contribution in [0, 0.1) is 5.92 Å². The summed E-state index contributed by atoms with van der Waals surface area (Å²) in [7, 11) is 0. The molecule has 0 spiro atoms. The molecule has 0 heterocycles. The normalized spacial score (nSPS) is 23.8. The number of allylic oxidation sites excluding steroid dienone is 1. The van der Waals surface area contributed by atoms with Crippen LogP contribution in [-0.2, 0) is 4.79 Å². The van der Waals surface area contributed by atoms with Gasteiger partial charge in [0.1, 0.15) is 0 Å². The van der Waals surface area contributed by atoms with Gasteiger partial charge in [-0.2, -0.15) is 0 Å². The van der Waals surface area contributed by atoms with Crippen molar-refractivity contribution < 1.29 is 4.79 Å². The van der Waals surface area contributed by atoms with Crippen molar-refractivity contribution in [3.63, 3.8) is 0 Å². The molecular formula is C14H15BrO. The van der Waals surface area contributed by atoms with Gasteiger partial charge in [0, 0.05) is 10.4 Å². The average molecular weight is 279 g/mol. The van der Waals surface area contributed by atoms with Gasteiger partial charge in [0.2, 0.25) is 0 Å². The Hall–Kier alpha value is -0.890. The SMILES string of the molecule is C[C@@H]1CCC/C(=C\c2cccc(Br)c2)C1=O. The van der Waals surface area contributed by atoms with Gasteiger partial charge in [0.25, 0.3) is 0 Å². The van der Waals surface area contributed by atoms with Crippen molar-refractivity contribution in [1.29, 1.82) is 0 Å². The fraction of sp³-hybridized carbons (Fsp3) is 0.357. The van der Waals surface area contributed by atoms with Crippen molar-refractivity contribution in [2.45, 2.75) is 26.2 Å². The molecule has 1 aromatic carbocycles. The molecule has 2 rings (SSSR count). The summed E-state index contributed by atoms with van der Waals surface area (Å²) >= 11 is 3.44. The largest absolute Gasteiger partial charge is 0.294 e. The van der Waals surface area contributed by atoms with Crippen LogP contribution in [0.25, 0.3) is 6.08 Å². The molecule has 0 N–H and O–H groups in total. The lowest BCUT2D eigenvalue weighted by atomic mass is 9.84. The second-order valence-corrected chi connectivity index (χ2v) is 5.30. The molecule has 1 fully saturated rings. The van der Waals surface area contributed by atoms with Gasteiger partial charge >= 0.3 is 0 Å². The van der Waals surface area contributed by atoms with Crippen molar-refractivity contribution in [1.82, 2.24) is 0 Å². The third-order valence-electron chi connectivity index (χ3n) is 3.04. The number of carbonyl (C=O) groups excluding carboxylic acids is 1. The van der Waals surface area contributed by atoms with Crippen LogP contribution in [0.15, 0.2) is 34.3 Å². The minimum Gasteiger partial charge on any atom is -0.294 e. The number of Topliss-reactive ketones (excluding diaryl/α,β-unsaturated/α-hetero) is 1. The van der Waals surface area contributed by atoms with E-state index in [2.05, 4.69) is 15.9 Å². The minimum atomic E-state index is 0.201. The lowest BCUT2D eigenvalue weighted by Crippen LogP contribution is -2.18. The van der Waals surface area contributed by atoms with Gasteiger partial charge in [0.15, 0.2) is 5.78 Å². The molecule has 0 radical (unpaired) electrons. The summed E-state index contributed by atoms with van der Waals surface area (Å²) in [6.45, 7) is 2.02. The summed E-state index contributed by atoms with van der Waals surface area (Å²) in [5.74, 6) is 0.526. The molecule has 0 aliphatic heterocycles. The van der Waals surface area contributed by atoms with E-state index in [-0.39, 0.29) is 5.92 Å². The molecule has 1 atom stereocenters. The molecule has 1 aromatic rings. The molecule has 2 heteroatoms. The van der Waals surface area contributed by atoms with Crippen molar-refractivity contribution in [3.05, 3.63) is 39.9 Å². The fourth-order valence-corrected chi connectivity index (χ4v) is 2.53. The molecule has 0 aromatic heterocycles. The number of hydrogen-bond acceptors (Lipinski definition) is 1. The van der Waals surface area contributed by atoms with E-state index in [1.165, 1.54) is 0 Å². The Labute approximate surface area is 105 Å². The number of ketones is 1. The van der Waals surface area contributed by atoms with E-state index in [1.807, 2.05) is 37.3 Å².